The number of nitrogens with zero attached hydrogens (tertiary/aromatic N) is 1. The zero-order valence-corrected chi connectivity index (χ0v) is 12.7. The van der Waals surface area contributed by atoms with Crippen LogP contribution in [-0.4, -0.2) is 31.1 Å². The molecule has 1 aromatic carbocycles. The minimum absolute atomic E-state index is 0.0301. The van der Waals surface area contributed by atoms with Crippen LogP contribution in [0.3, 0.4) is 0 Å². The van der Waals surface area contributed by atoms with E-state index in [4.69, 9.17) is 11.6 Å². The summed E-state index contributed by atoms with van der Waals surface area (Å²) < 4.78 is 14.5. The van der Waals surface area contributed by atoms with Crippen molar-refractivity contribution in [1.29, 1.82) is 0 Å². The summed E-state index contributed by atoms with van der Waals surface area (Å²) in [5.74, 6) is -0.162. The largest absolute Gasteiger partial charge is 0.314 e. The van der Waals surface area contributed by atoms with Gasteiger partial charge in [-0.25, -0.2) is 4.39 Å². The van der Waals surface area contributed by atoms with Crippen LogP contribution in [0.1, 0.15) is 30.0 Å². The maximum Gasteiger partial charge on any atom is 0.132 e. The van der Waals surface area contributed by atoms with E-state index in [1.54, 1.807) is 19.1 Å². The number of aryl methyl sites for hydroxylation is 1. The number of nitrogens with one attached hydrogen (secondary N) is 1. The van der Waals surface area contributed by atoms with E-state index in [0.717, 1.165) is 39.0 Å². The van der Waals surface area contributed by atoms with Crippen LogP contribution in [0.15, 0.2) is 24.8 Å². The van der Waals surface area contributed by atoms with Gasteiger partial charge in [-0.05, 0) is 31.4 Å². The topological polar surface area (TPSA) is 15.3 Å². The lowest BCUT2D eigenvalue weighted by atomic mass is 9.97. The zero-order chi connectivity index (χ0) is 14.5. The molecule has 0 saturated carbocycles. The molecule has 1 atom stereocenters. The highest BCUT2D eigenvalue weighted by Gasteiger charge is 2.26. The Hall–Kier alpha value is -0.900. The summed E-state index contributed by atoms with van der Waals surface area (Å²) >= 11 is 6.29. The van der Waals surface area contributed by atoms with Gasteiger partial charge in [0.15, 0.2) is 0 Å². The summed E-state index contributed by atoms with van der Waals surface area (Å²) in [7, 11) is 0. The molecule has 1 saturated heterocycles. The maximum absolute atomic E-state index is 14.5. The molecule has 20 heavy (non-hydrogen) atoms. The molecule has 0 radical (unpaired) electrons. The average molecular weight is 297 g/mol. The SMILES string of the molecule is C=CCC[C@H](c1c(Cl)ccc(C)c1F)N1CCNCC1. The number of allylic oxidation sites excluding steroid dienone is 1. The number of piperazine rings is 1. The summed E-state index contributed by atoms with van der Waals surface area (Å²) in [6.45, 7) is 9.29. The van der Waals surface area contributed by atoms with Gasteiger partial charge in [0.25, 0.3) is 0 Å². The van der Waals surface area contributed by atoms with Gasteiger partial charge in [-0.15, -0.1) is 6.58 Å². The second-order valence-corrected chi connectivity index (χ2v) is 5.67. The van der Waals surface area contributed by atoms with Crippen LogP contribution in [0.5, 0.6) is 0 Å². The maximum atomic E-state index is 14.5. The minimum atomic E-state index is -0.162. The molecule has 110 valence electrons. The van der Waals surface area contributed by atoms with Crippen molar-refractivity contribution in [3.8, 4) is 0 Å². The Morgan fingerprint density at radius 1 is 1.45 bits per heavy atom. The molecule has 1 heterocycles. The molecule has 1 aliphatic rings. The Balaban J connectivity index is 2.34. The normalized spacial score (nSPS) is 17.9. The monoisotopic (exact) mass is 296 g/mol. The molecule has 2 rings (SSSR count). The fraction of sp³-hybridized carbons (Fsp3) is 0.500. The van der Waals surface area contributed by atoms with Gasteiger partial charge >= 0.3 is 0 Å². The third kappa shape index (κ3) is 3.40. The van der Waals surface area contributed by atoms with Gasteiger partial charge in [-0.2, -0.15) is 0 Å². The fourth-order valence-corrected chi connectivity index (χ4v) is 3.03. The van der Waals surface area contributed by atoms with E-state index in [-0.39, 0.29) is 11.9 Å². The number of benzene rings is 1. The smallest absolute Gasteiger partial charge is 0.132 e. The van der Waals surface area contributed by atoms with Gasteiger partial charge < -0.3 is 5.32 Å². The average Bonchev–Trinajstić information content (AvgIpc) is 2.47. The number of rotatable bonds is 5. The van der Waals surface area contributed by atoms with Crippen LogP contribution >= 0.6 is 11.6 Å². The molecule has 0 aromatic heterocycles. The predicted molar refractivity (Wildman–Crippen MR) is 82.8 cm³/mol. The minimum Gasteiger partial charge on any atom is -0.314 e. The summed E-state index contributed by atoms with van der Waals surface area (Å²) in [4.78, 5) is 2.32. The van der Waals surface area contributed by atoms with Crippen molar-refractivity contribution in [1.82, 2.24) is 10.2 Å². The lowest BCUT2D eigenvalue weighted by molar-refractivity contribution is 0.163. The Labute approximate surface area is 125 Å². The molecular weight excluding hydrogens is 275 g/mol. The van der Waals surface area contributed by atoms with Crippen molar-refractivity contribution in [2.24, 2.45) is 0 Å². The molecule has 1 aromatic rings. The van der Waals surface area contributed by atoms with E-state index in [0.29, 0.717) is 16.1 Å². The number of hydrogen-bond donors (Lipinski definition) is 1. The Morgan fingerprint density at radius 3 is 2.80 bits per heavy atom. The van der Waals surface area contributed by atoms with Crippen molar-refractivity contribution >= 4 is 11.6 Å². The quantitative estimate of drug-likeness (QED) is 0.834. The Kier molecular flexibility index (Phi) is 5.58. The molecule has 2 nitrogen and oxygen atoms in total. The summed E-state index contributed by atoms with van der Waals surface area (Å²) in [6.07, 6.45) is 3.60. The van der Waals surface area contributed by atoms with Crippen LogP contribution in [0.25, 0.3) is 0 Å². The van der Waals surface area contributed by atoms with Crippen molar-refractivity contribution in [3.63, 3.8) is 0 Å². The number of halogens is 2. The first kappa shape index (κ1) is 15.5. The van der Waals surface area contributed by atoms with Crippen LogP contribution < -0.4 is 5.32 Å². The Morgan fingerprint density at radius 2 is 2.15 bits per heavy atom. The highest BCUT2D eigenvalue weighted by Crippen LogP contribution is 2.34. The molecule has 1 fully saturated rings. The van der Waals surface area contributed by atoms with E-state index in [1.165, 1.54) is 0 Å². The molecule has 0 bridgehead atoms. The Bertz CT molecular complexity index is 470. The van der Waals surface area contributed by atoms with E-state index < -0.39 is 0 Å². The van der Waals surface area contributed by atoms with Gasteiger partial charge in [0.1, 0.15) is 5.82 Å². The zero-order valence-electron chi connectivity index (χ0n) is 12.0. The lowest BCUT2D eigenvalue weighted by Crippen LogP contribution is -2.45. The van der Waals surface area contributed by atoms with Gasteiger partial charge in [-0.1, -0.05) is 23.7 Å². The third-order valence-electron chi connectivity index (χ3n) is 3.89. The first-order valence-corrected chi connectivity index (χ1v) is 7.53. The van der Waals surface area contributed by atoms with Crippen LogP contribution in [0.2, 0.25) is 5.02 Å². The fourth-order valence-electron chi connectivity index (χ4n) is 2.76. The first-order valence-electron chi connectivity index (χ1n) is 7.15. The van der Waals surface area contributed by atoms with Gasteiger partial charge in [0.2, 0.25) is 0 Å². The van der Waals surface area contributed by atoms with E-state index in [1.807, 2.05) is 6.08 Å². The summed E-state index contributed by atoms with van der Waals surface area (Å²) in [5.41, 5.74) is 1.30. The van der Waals surface area contributed by atoms with E-state index >= 15 is 0 Å². The second-order valence-electron chi connectivity index (χ2n) is 5.26. The molecule has 0 aliphatic carbocycles. The van der Waals surface area contributed by atoms with Crippen molar-refractivity contribution in [2.45, 2.75) is 25.8 Å². The van der Waals surface area contributed by atoms with Crippen molar-refractivity contribution in [3.05, 3.63) is 46.8 Å². The molecular formula is C16H22ClFN2. The molecule has 0 unspecified atom stereocenters. The van der Waals surface area contributed by atoms with Crippen molar-refractivity contribution < 1.29 is 4.39 Å². The molecule has 1 aliphatic heterocycles. The number of hydrogen-bond acceptors (Lipinski definition) is 2. The van der Waals surface area contributed by atoms with Gasteiger partial charge in [-0.3, -0.25) is 4.90 Å². The van der Waals surface area contributed by atoms with Crippen LogP contribution in [-0.2, 0) is 0 Å². The highest BCUT2D eigenvalue weighted by atomic mass is 35.5. The van der Waals surface area contributed by atoms with E-state index in [2.05, 4.69) is 16.8 Å². The standard InChI is InChI=1S/C16H22ClFN2/c1-3-4-5-14(20-10-8-19-9-11-20)15-13(17)7-6-12(2)16(15)18/h3,6-7,14,19H,1,4-5,8-11H2,2H3/t14-/m1/s1. The van der Waals surface area contributed by atoms with Gasteiger partial charge in [0, 0.05) is 42.8 Å². The van der Waals surface area contributed by atoms with Crippen LogP contribution in [0, 0.1) is 12.7 Å². The molecule has 4 heteroatoms. The molecule has 0 amide bonds. The van der Waals surface area contributed by atoms with Crippen LogP contribution in [0.4, 0.5) is 4.39 Å². The van der Waals surface area contributed by atoms with E-state index in [9.17, 15) is 4.39 Å². The van der Waals surface area contributed by atoms with Gasteiger partial charge in [0.05, 0.1) is 0 Å². The highest BCUT2D eigenvalue weighted by molar-refractivity contribution is 6.31. The third-order valence-corrected chi connectivity index (χ3v) is 4.22. The lowest BCUT2D eigenvalue weighted by Gasteiger charge is -2.36. The van der Waals surface area contributed by atoms with Crippen molar-refractivity contribution in [2.75, 3.05) is 26.2 Å². The summed E-state index contributed by atoms with van der Waals surface area (Å²) in [5, 5.41) is 3.86. The molecule has 1 N–H and O–H groups in total. The first-order chi connectivity index (χ1) is 9.65. The summed E-state index contributed by atoms with van der Waals surface area (Å²) in [6, 6.07) is 3.57. The predicted octanol–water partition coefficient (Wildman–Crippen LogP) is 3.70. The molecule has 0 spiro atoms. The second kappa shape index (κ2) is 7.21.